The number of carbonyl (C=O) groups excluding carboxylic acids is 1. The van der Waals surface area contributed by atoms with Gasteiger partial charge in [0.1, 0.15) is 17.5 Å². The Morgan fingerprint density at radius 1 is 0.929 bits per heavy atom. The van der Waals surface area contributed by atoms with E-state index in [0.29, 0.717) is 0 Å². The monoisotopic (exact) mass is 410 g/mol. The minimum absolute atomic E-state index is 0.0342. The number of rotatable bonds is 4. The third-order valence-corrected chi connectivity index (χ3v) is 6.27. The number of benzene rings is 2. The van der Waals surface area contributed by atoms with E-state index in [2.05, 4.69) is 0 Å². The summed E-state index contributed by atoms with van der Waals surface area (Å²) in [5.41, 5.74) is -0.317. The fraction of sp³-hybridized carbons (Fsp3) is 0.211. The van der Waals surface area contributed by atoms with Crippen molar-refractivity contribution in [2.75, 3.05) is 26.2 Å². The Labute approximate surface area is 160 Å². The van der Waals surface area contributed by atoms with Gasteiger partial charge in [0.15, 0.2) is 0 Å². The summed E-state index contributed by atoms with van der Waals surface area (Å²) in [4.78, 5) is 13.5. The molecule has 0 N–H and O–H groups in total. The predicted molar refractivity (Wildman–Crippen MR) is 97.1 cm³/mol. The molecule has 1 amide bonds. The smallest absolute Gasteiger partial charge is 0.246 e. The minimum Gasteiger partial charge on any atom is -0.337 e. The van der Waals surface area contributed by atoms with Crippen molar-refractivity contribution in [2.24, 2.45) is 0 Å². The van der Waals surface area contributed by atoms with E-state index in [1.54, 1.807) is 0 Å². The molecule has 28 heavy (non-hydrogen) atoms. The van der Waals surface area contributed by atoms with Crippen LogP contribution in [0.5, 0.6) is 0 Å². The predicted octanol–water partition coefficient (Wildman–Crippen LogP) is 2.65. The average Bonchev–Trinajstić information content (AvgIpc) is 2.67. The quantitative estimate of drug-likeness (QED) is 0.729. The molecule has 1 aliphatic heterocycles. The van der Waals surface area contributed by atoms with Crippen molar-refractivity contribution in [2.45, 2.75) is 4.90 Å². The van der Waals surface area contributed by atoms with E-state index in [0.717, 1.165) is 36.4 Å². The van der Waals surface area contributed by atoms with Crippen molar-refractivity contribution in [3.63, 3.8) is 0 Å². The normalized spacial score (nSPS) is 15.9. The number of sulfonamides is 1. The molecular weight excluding hydrogens is 393 g/mol. The van der Waals surface area contributed by atoms with E-state index in [9.17, 15) is 26.4 Å². The molecule has 0 unspecified atom stereocenters. The first-order valence-corrected chi connectivity index (χ1v) is 9.90. The van der Waals surface area contributed by atoms with Crippen LogP contribution < -0.4 is 0 Å². The summed E-state index contributed by atoms with van der Waals surface area (Å²) in [6, 6.07) is 8.11. The number of nitrogens with zero attached hydrogens (tertiary/aromatic N) is 2. The maximum Gasteiger partial charge on any atom is 0.246 e. The van der Waals surface area contributed by atoms with Crippen LogP contribution in [0.1, 0.15) is 5.56 Å². The largest absolute Gasteiger partial charge is 0.337 e. The molecular formula is C19H17F3N2O3S. The highest BCUT2D eigenvalue weighted by atomic mass is 32.2. The Morgan fingerprint density at radius 3 is 2.14 bits per heavy atom. The summed E-state index contributed by atoms with van der Waals surface area (Å²) < 4.78 is 66.8. The summed E-state index contributed by atoms with van der Waals surface area (Å²) in [5.74, 6) is -2.70. The maximum atomic E-state index is 13.6. The van der Waals surface area contributed by atoms with Crippen LogP contribution in [0.2, 0.25) is 0 Å². The van der Waals surface area contributed by atoms with E-state index in [1.807, 2.05) is 0 Å². The lowest BCUT2D eigenvalue weighted by Gasteiger charge is -2.33. The fourth-order valence-corrected chi connectivity index (χ4v) is 4.31. The second-order valence-electron chi connectivity index (χ2n) is 6.16. The van der Waals surface area contributed by atoms with E-state index >= 15 is 0 Å². The summed E-state index contributed by atoms with van der Waals surface area (Å²) >= 11 is 0. The molecule has 1 aliphatic rings. The van der Waals surface area contributed by atoms with Gasteiger partial charge in [-0.25, -0.2) is 21.6 Å². The number of carbonyl (C=O) groups is 1. The van der Waals surface area contributed by atoms with Crippen molar-refractivity contribution >= 4 is 22.0 Å². The number of amides is 1. The average molecular weight is 410 g/mol. The SMILES string of the molecule is O=C(/C=C/c1c(F)cccc1F)N1CCN(S(=O)(=O)c2cccc(F)c2)CC1. The first-order valence-electron chi connectivity index (χ1n) is 8.46. The molecule has 0 atom stereocenters. The van der Waals surface area contributed by atoms with Crippen LogP contribution in [0.3, 0.4) is 0 Å². The van der Waals surface area contributed by atoms with Crippen molar-refractivity contribution in [3.8, 4) is 0 Å². The highest BCUT2D eigenvalue weighted by Crippen LogP contribution is 2.19. The molecule has 1 heterocycles. The highest BCUT2D eigenvalue weighted by molar-refractivity contribution is 7.89. The molecule has 0 bridgehead atoms. The van der Waals surface area contributed by atoms with E-state index < -0.39 is 33.4 Å². The topological polar surface area (TPSA) is 57.7 Å². The molecule has 2 aromatic carbocycles. The van der Waals surface area contributed by atoms with Crippen LogP contribution in [-0.2, 0) is 14.8 Å². The van der Waals surface area contributed by atoms with E-state index in [-0.39, 0.29) is 36.6 Å². The third-order valence-electron chi connectivity index (χ3n) is 4.38. The van der Waals surface area contributed by atoms with Crippen LogP contribution in [0.25, 0.3) is 6.08 Å². The van der Waals surface area contributed by atoms with Crippen LogP contribution in [0, 0.1) is 17.5 Å². The van der Waals surface area contributed by atoms with Gasteiger partial charge in [-0.1, -0.05) is 12.1 Å². The molecule has 1 saturated heterocycles. The Kier molecular flexibility index (Phi) is 5.85. The molecule has 5 nitrogen and oxygen atoms in total. The van der Waals surface area contributed by atoms with Gasteiger partial charge >= 0.3 is 0 Å². The van der Waals surface area contributed by atoms with Crippen molar-refractivity contribution < 1.29 is 26.4 Å². The fourth-order valence-electron chi connectivity index (χ4n) is 2.86. The molecule has 1 fully saturated rings. The molecule has 9 heteroatoms. The first-order chi connectivity index (χ1) is 13.3. The lowest BCUT2D eigenvalue weighted by molar-refractivity contribution is -0.127. The molecule has 0 spiro atoms. The highest BCUT2D eigenvalue weighted by Gasteiger charge is 2.29. The Hall–Kier alpha value is -2.65. The second-order valence-corrected chi connectivity index (χ2v) is 8.09. The zero-order valence-corrected chi connectivity index (χ0v) is 15.5. The molecule has 0 aliphatic carbocycles. The molecule has 0 radical (unpaired) electrons. The second kappa shape index (κ2) is 8.15. The molecule has 3 rings (SSSR count). The molecule has 0 saturated carbocycles. The first kappa shape index (κ1) is 20.1. The molecule has 148 valence electrons. The standard InChI is InChI=1S/C19H17F3N2O3S/c20-14-3-1-4-15(13-14)28(26,27)24-11-9-23(10-12-24)19(25)8-7-16-17(21)5-2-6-18(16)22/h1-8,13H,9-12H2/b8-7+. The van der Waals surface area contributed by atoms with Gasteiger partial charge in [-0.3, -0.25) is 4.79 Å². The number of hydrogen-bond acceptors (Lipinski definition) is 3. The molecule has 2 aromatic rings. The van der Waals surface area contributed by atoms with Crippen LogP contribution in [0.4, 0.5) is 13.2 Å². The number of piperazine rings is 1. The van der Waals surface area contributed by atoms with E-state index in [4.69, 9.17) is 0 Å². The third kappa shape index (κ3) is 4.26. The zero-order chi connectivity index (χ0) is 20.3. The number of halogens is 3. The Balaban J connectivity index is 1.65. The lowest BCUT2D eigenvalue weighted by atomic mass is 10.2. The minimum atomic E-state index is -3.86. The van der Waals surface area contributed by atoms with Gasteiger partial charge in [-0.15, -0.1) is 0 Å². The van der Waals surface area contributed by atoms with Gasteiger partial charge in [0.2, 0.25) is 15.9 Å². The summed E-state index contributed by atoms with van der Waals surface area (Å²) in [7, 11) is -3.86. The maximum absolute atomic E-state index is 13.6. The van der Waals surface area contributed by atoms with Gasteiger partial charge in [0, 0.05) is 37.8 Å². The van der Waals surface area contributed by atoms with Crippen molar-refractivity contribution in [1.29, 1.82) is 0 Å². The number of hydrogen-bond donors (Lipinski definition) is 0. The van der Waals surface area contributed by atoms with E-state index in [1.165, 1.54) is 27.4 Å². The van der Waals surface area contributed by atoms with Gasteiger partial charge in [-0.05, 0) is 36.4 Å². The lowest BCUT2D eigenvalue weighted by Crippen LogP contribution is -2.50. The van der Waals surface area contributed by atoms with Gasteiger partial charge < -0.3 is 4.90 Å². The van der Waals surface area contributed by atoms with Crippen LogP contribution in [-0.4, -0.2) is 49.7 Å². The van der Waals surface area contributed by atoms with Gasteiger partial charge in [0.05, 0.1) is 4.90 Å². The molecule has 0 aromatic heterocycles. The van der Waals surface area contributed by atoms with Crippen LogP contribution in [0.15, 0.2) is 53.4 Å². The van der Waals surface area contributed by atoms with Crippen molar-refractivity contribution in [1.82, 2.24) is 9.21 Å². The van der Waals surface area contributed by atoms with Gasteiger partial charge in [-0.2, -0.15) is 4.31 Å². The van der Waals surface area contributed by atoms with Crippen molar-refractivity contribution in [3.05, 3.63) is 71.6 Å². The Bertz CT molecular complexity index is 997. The summed E-state index contributed by atoms with van der Waals surface area (Å²) in [6.45, 7) is 0.286. The zero-order valence-electron chi connectivity index (χ0n) is 14.7. The van der Waals surface area contributed by atoms with Crippen LogP contribution >= 0.6 is 0 Å². The summed E-state index contributed by atoms with van der Waals surface area (Å²) in [6.07, 6.45) is 2.11. The van der Waals surface area contributed by atoms with Gasteiger partial charge in [0.25, 0.3) is 0 Å². The summed E-state index contributed by atoms with van der Waals surface area (Å²) in [5, 5.41) is 0. The Morgan fingerprint density at radius 2 is 1.54 bits per heavy atom.